The first-order chi connectivity index (χ1) is 11.4. The molecule has 0 spiro atoms. The van der Waals surface area contributed by atoms with E-state index in [0.29, 0.717) is 5.92 Å². The Morgan fingerprint density at radius 3 is 2.83 bits per heavy atom. The fraction of sp³-hybridized carbons (Fsp3) is 0.579. The Bertz CT molecular complexity index is 646. The van der Waals surface area contributed by atoms with Gasteiger partial charge >= 0.3 is 0 Å². The van der Waals surface area contributed by atoms with E-state index in [0.717, 1.165) is 24.8 Å². The van der Waals surface area contributed by atoms with Crippen LogP contribution < -0.4 is 10.2 Å². The summed E-state index contributed by atoms with van der Waals surface area (Å²) in [5.74, 6) is -0.430. The van der Waals surface area contributed by atoms with E-state index in [2.05, 4.69) is 12.2 Å². The van der Waals surface area contributed by atoms with E-state index in [4.69, 9.17) is 0 Å². The minimum absolute atomic E-state index is 0.0718. The van der Waals surface area contributed by atoms with E-state index in [-0.39, 0.29) is 36.5 Å². The number of benzene rings is 1. The van der Waals surface area contributed by atoms with Crippen LogP contribution in [-0.2, 0) is 9.59 Å². The van der Waals surface area contributed by atoms with E-state index >= 15 is 0 Å². The van der Waals surface area contributed by atoms with Gasteiger partial charge in [0.05, 0.1) is 11.6 Å². The lowest BCUT2D eigenvalue weighted by molar-refractivity contribution is -0.127. The summed E-state index contributed by atoms with van der Waals surface area (Å²) in [7, 11) is 0. The molecule has 1 aromatic rings. The highest BCUT2D eigenvalue weighted by molar-refractivity contribution is 6.00. The number of aryl methyl sites for hydroxylation is 1. The molecule has 0 radical (unpaired) electrons. The van der Waals surface area contributed by atoms with Gasteiger partial charge in [-0.1, -0.05) is 25.8 Å². The molecule has 5 heteroatoms. The number of amides is 2. The Kier molecular flexibility index (Phi) is 4.88. The molecular weight excluding hydrogens is 307 g/mol. The summed E-state index contributed by atoms with van der Waals surface area (Å²) in [5.41, 5.74) is 1.08. The third kappa shape index (κ3) is 3.60. The van der Waals surface area contributed by atoms with Gasteiger partial charge in [0, 0.05) is 19.0 Å². The largest absolute Gasteiger partial charge is 0.353 e. The average molecular weight is 332 g/mol. The molecule has 4 nitrogen and oxygen atoms in total. The van der Waals surface area contributed by atoms with Crippen LogP contribution in [0.4, 0.5) is 10.1 Å². The van der Waals surface area contributed by atoms with Crippen LogP contribution in [0, 0.1) is 24.6 Å². The topological polar surface area (TPSA) is 49.4 Å². The van der Waals surface area contributed by atoms with Crippen molar-refractivity contribution in [3.63, 3.8) is 0 Å². The van der Waals surface area contributed by atoms with E-state index < -0.39 is 11.7 Å². The van der Waals surface area contributed by atoms with E-state index in [1.54, 1.807) is 19.1 Å². The zero-order valence-electron chi connectivity index (χ0n) is 14.3. The molecule has 1 N–H and O–H groups in total. The van der Waals surface area contributed by atoms with Crippen LogP contribution in [0.25, 0.3) is 0 Å². The van der Waals surface area contributed by atoms with Gasteiger partial charge in [-0.25, -0.2) is 4.39 Å². The highest BCUT2D eigenvalue weighted by atomic mass is 19.1. The van der Waals surface area contributed by atoms with Crippen LogP contribution in [-0.4, -0.2) is 24.4 Å². The third-order valence-electron chi connectivity index (χ3n) is 5.17. The summed E-state index contributed by atoms with van der Waals surface area (Å²) in [5, 5.41) is 3.10. The van der Waals surface area contributed by atoms with Crippen LogP contribution in [0.1, 0.15) is 44.6 Å². The van der Waals surface area contributed by atoms with Crippen LogP contribution in [0.2, 0.25) is 0 Å². The van der Waals surface area contributed by atoms with Gasteiger partial charge in [-0.2, -0.15) is 0 Å². The molecule has 3 unspecified atom stereocenters. The molecule has 3 rings (SSSR count). The number of anilines is 1. The predicted molar refractivity (Wildman–Crippen MR) is 91.2 cm³/mol. The molecule has 1 aliphatic heterocycles. The van der Waals surface area contributed by atoms with Crippen LogP contribution in [0.3, 0.4) is 0 Å². The van der Waals surface area contributed by atoms with Gasteiger partial charge in [-0.15, -0.1) is 0 Å². The Balaban J connectivity index is 1.64. The van der Waals surface area contributed by atoms with Crippen molar-refractivity contribution in [1.29, 1.82) is 0 Å². The molecule has 1 saturated carbocycles. The minimum Gasteiger partial charge on any atom is -0.353 e. The van der Waals surface area contributed by atoms with E-state index in [1.165, 1.54) is 17.4 Å². The number of carbonyl (C=O) groups is 2. The molecule has 1 saturated heterocycles. The van der Waals surface area contributed by atoms with Crippen molar-refractivity contribution in [2.24, 2.45) is 11.8 Å². The average Bonchev–Trinajstić information content (AvgIpc) is 2.89. The summed E-state index contributed by atoms with van der Waals surface area (Å²) in [6.07, 6.45) is 4.52. The number of hydrogen-bond acceptors (Lipinski definition) is 2. The Morgan fingerprint density at radius 1 is 1.33 bits per heavy atom. The van der Waals surface area contributed by atoms with Crippen molar-refractivity contribution in [3.8, 4) is 0 Å². The summed E-state index contributed by atoms with van der Waals surface area (Å²) in [4.78, 5) is 26.2. The molecule has 1 heterocycles. The van der Waals surface area contributed by atoms with Crippen molar-refractivity contribution >= 4 is 17.5 Å². The van der Waals surface area contributed by atoms with Crippen LogP contribution >= 0.6 is 0 Å². The van der Waals surface area contributed by atoms with Crippen LogP contribution in [0.15, 0.2) is 18.2 Å². The predicted octanol–water partition coefficient (Wildman–Crippen LogP) is 3.18. The molecule has 1 aromatic carbocycles. The Labute approximate surface area is 142 Å². The van der Waals surface area contributed by atoms with E-state index in [9.17, 15) is 14.0 Å². The number of rotatable bonds is 3. The normalized spacial score (nSPS) is 27.4. The Morgan fingerprint density at radius 2 is 2.12 bits per heavy atom. The minimum atomic E-state index is -0.412. The lowest BCUT2D eigenvalue weighted by Crippen LogP contribution is -2.42. The second kappa shape index (κ2) is 6.91. The fourth-order valence-corrected chi connectivity index (χ4v) is 3.83. The summed E-state index contributed by atoms with van der Waals surface area (Å²) < 4.78 is 14.1. The molecule has 2 amide bonds. The molecule has 1 aliphatic carbocycles. The monoisotopic (exact) mass is 332 g/mol. The first-order valence-electron chi connectivity index (χ1n) is 8.81. The summed E-state index contributed by atoms with van der Waals surface area (Å²) in [6, 6.07) is 5.02. The molecule has 2 fully saturated rings. The smallest absolute Gasteiger partial charge is 0.227 e. The lowest BCUT2D eigenvalue weighted by Gasteiger charge is -2.28. The second-order valence-electron chi connectivity index (χ2n) is 7.34. The Hall–Kier alpha value is -1.91. The highest BCUT2D eigenvalue weighted by Crippen LogP contribution is 2.29. The zero-order chi connectivity index (χ0) is 17.3. The molecule has 2 aliphatic rings. The molecule has 3 atom stereocenters. The first-order valence-corrected chi connectivity index (χ1v) is 8.81. The van der Waals surface area contributed by atoms with Gasteiger partial charge in [0.25, 0.3) is 0 Å². The number of nitrogens with one attached hydrogen (secondary N) is 1. The van der Waals surface area contributed by atoms with Gasteiger partial charge in [0.1, 0.15) is 5.82 Å². The molecule has 24 heavy (non-hydrogen) atoms. The SMILES string of the molecule is Cc1ccc(N2CC(C(=O)NC3CCCC(C)C3)CC2=O)c(F)c1. The third-order valence-corrected chi connectivity index (χ3v) is 5.17. The van der Waals surface area contributed by atoms with Crippen molar-refractivity contribution in [3.05, 3.63) is 29.6 Å². The molecule has 0 aromatic heterocycles. The maximum atomic E-state index is 14.1. The van der Waals surface area contributed by atoms with Crippen molar-refractivity contribution in [2.45, 2.75) is 52.0 Å². The zero-order valence-corrected chi connectivity index (χ0v) is 14.3. The van der Waals surface area contributed by atoms with Gasteiger partial charge in [0.2, 0.25) is 11.8 Å². The lowest BCUT2D eigenvalue weighted by atomic mass is 9.87. The van der Waals surface area contributed by atoms with Gasteiger partial charge < -0.3 is 10.2 Å². The number of carbonyl (C=O) groups excluding carboxylic acids is 2. The number of halogens is 1. The molecular formula is C19H25FN2O2. The first kappa shape index (κ1) is 16.9. The summed E-state index contributed by atoms with van der Waals surface area (Å²) >= 11 is 0. The van der Waals surface area contributed by atoms with Gasteiger partial charge in [-0.3, -0.25) is 9.59 Å². The maximum absolute atomic E-state index is 14.1. The van der Waals surface area contributed by atoms with E-state index in [1.807, 2.05) is 0 Å². The van der Waals surface area contributed by atoms with Crippen molar-refractivity contribution in [1.82, 2.24) is 5.32 Å². The van der Waals surface area contributed by atoms with Crippen molar-refractivity contribution in [2.75, 3.05) is 11.4 Å². The van der Waals surface area contributed by atoms with Gasteiger partial charge in [0.15, 0.2) is 0 Å². The number of nitrogens with zero attached hydrogens (tertiary/aromatic N) is 1. The second-order valence-corrected chi connectivity index (χ2v) is 7.34. The number of hydrogen-bond donors (Lipinski definition) is 1. The fourth-order valence-electron chi connectivity index (χ4n) is 3.83. The molecule has 130 valence electrons. The van der Waals surface area contributed by atoms with Crippen molar-refractivity contribution < 1.29 is 14.0 Å². The quantitative estimate of drug-likeness (QED) is 0.924. The molecule has 0 bridgehead atoms. The maximum Gasteiger partial charge on any atom is 0.227 e. The summed E-state index contributed by atoms with van der Waals surface area (Å²) in [6.45, 7) is 4.27. The highest BCUT2D eigenvalue weighted by Gasteiger charge is 2.37. The van der Waals surface area contributed by atoms with Gasteiger partial charge in [-0.05, 0) is 43.4 Å². The van der Waals surface area contributed by atoms with Crippen LogP contribution in [0.5, 0.6) is 0 Å². The standard InChI is InChI=1S/C19H25FN2O2/c1-12-4-3-5-15(8-12)21-19(24)14-10-18(23)22(11-14)17-7-6-13(2)9-16(17)20/h6-7,9,12,14-15H,3-5,8,10-11H2,1-2H3,(H,21,24).